The summed E-state index contributed by atoms with van der Waals surface area (Å²) in [4.78, 5) is 29.2. The maximum Gasteiger partial charge on any atom is 0.254 e. The van der Waals surface area contributed by atoms with Gasteiger partial charge in [0.15, 0.2) is 0 Å². The van der Waals surface area contributed by atoms with E-state index < -0.39 is 0 Å². The fourth-order valence-corrected chi connectivity index (χ4v) is 3.98. The van der Waals surface area contributed by atoms with Gasteiger partial charge in [-0.3, -0.25) is 9.59 Å². The molecule has 0 spiro atoms. The standard InChI is InChI=1S/C20H23N3O2/c24-19-13-21-10-12-23(19)16-7-4-11-22(14-16)20(25)18-9-3-6-15-5-1-2-8-17(15)18/h1-3,5-6,8-9,16,21H,4,7,10-14H2. The molecule has 4 rings (SSSR count). The third kappa shape index (κ3) is 3.12. The van der Waals surface area contributed by atoms with Crippen molar-refractivity contribution in [3.8, 4) is 0 Å². The number of piperidine rings is 1. The number of piperazine rings is 1. The Hall–Kier alpha value is -2.40. The molecule has 1 unspecified atom stereocenters. The van der Waals surface area contributed by atoms with Crippen molar-refractivity contribution in [3.05, 3.63) is 48.0 Å². The van der Waals surface area contributed by atoms with E-state index in [4.69, 9.17) is 0 Å². The van der Waals surface area contributed by atoms with Crippen LogP contribution in [-0.2, 0) is 4.79 Å². The molecular weight excluding hydrogens is 314 g/mol. The SMILES string of the molecule is O=C(c1cccc2ccccc12)N1CCCC(N2CCNCC2=O)C1. The molecule has 2 saturated heterocycles. The molecule has 2 amide bonds. The molecule has 0 radical (unpaired) electrons. The lowest BCUT2D eigenvalue weighted by molar-refractivity contribution is -0.135. The molecule has 2 heterocycles. The van der Waals surface area contributed by atoms with Gasteiger partial charge in [0.25, 0.3) is 5.91 Å². The highest BCUT2D eigenvalue weighted by atomic mass is 16.2. The van der Waals surface area contributed by atoms with Crippen LogP contribution in [0.25, 0.3) is 10.8 Å². The van der Waals surface area contributed by atoms with Gasteiger partial charge in [0, 0.05) is 37.8 Å². The average Bonchev–Trinajstić information content (AvgIpc) is 2.67. The van der Waals surface area contributed by atoms with E-state index in [2.05, 4.69) is 5.32 Å². The largest absolute Gasteiger partial charge is 0.337 e. The molecule has 5 heteroatoms. The zero-order valence-corrected chi connectivity index (χ0v) is 14.3. The summed E-state index contributed by atoms with van der Waals surface area (Å²) in [6, 6.07) is 14.0. The fraction of sp³-hybridized carbons (Fsp3) is 0.400. The Morgan fingerprint density at radius 3 is 2.80 bits per heavy atom. The van der Waals surface area contributed by atoms with E-state index in [9.17, 15) is 9.59 Å². The molecule has 130 valence electrons. The summed E-state index contributed by atoms with van der Waals surface area (Å²) in [5.74, 6) is 0.222. The van der Waals surface area contributed by atoms with Gasteiger partial charge in [-0.2, -0.15) is 0 Å². The number of nitrogens with zero attached hydrogens (tertiary/aromatic N) is 2. The molecule has 2 aromatic rings. The highest BCUT2D eigenvalue weighted by molar-refractivity contribution is 6.07. The predicted octanol–water partition coefficient (Wildman–Crippen LogP) is 1.88. The minimum absolute atomic E-state index is 0.0732. The van der Waals surface area contributed by atoms with Gasteiger partial charge in [-0.1, -0.05) is 36.4 Å². The van der Waals surface area contributed by atoms with Gasteiger partial charge in [0.1, 0.15) is 0 Å². The van der Waals surface area contributed by atoms with Gasteiger partial charge >= 0.3 is 0 Å². The van der Waals surface area contributed by atoms with Crippen LogP contribution >= 0.6 is 0 Å². The normalized spacial score (nSPS) is 21.6. The second kappa shape index (κ2) is 6.84. The van der Waals surface area contributed by atoms with Crippen molar-refractivity contribution in [1.29, 1.82) is 0 Å². The maximum absolute atomic E-state index is 13.1. The van der Waals surface area contributed by atoms with E-state index >= 15 is 0 Å². The number of carbonyl (C=O) groups excluding carboxylic acids is 2. The quantitative estimate of drug-likeness (QED) is 0.910. The van der Waals surface area contributed by atoms with Crippen LogP contribution in [0.3, 0.4) is 0 Å². The number of rotatable bonds is 2. The first-order chi connectivity index (χ1) is 12.2. The third-order valence-corrected chi connectivity index (χ3v) is 5.27. The van der Waals surface area contributed by atoms with Crippen molar-refractivity contribution in [1.82, 2.24) is 15.1 Å². The summed E-state index contributed by atoms with van der Waals surface area (Å²) < 4.78 is 0. The average molecular weight is 337 g/mol. The van der Waals surface area contributed by atoms with Crippen LogP contribution in [0.15, 0.2) is 42.5 Å². The smallest absolute Gasteiger partial charge is 0.254 e. The molecule has 25 heavy (non-hydrogen) atoms. The molecule has 0 saturated carbocycles. The molecule has 1 N–H and O–H groups in total. The number of fused-ring (bicyclic) bond motifs is 1. The molecular formula is C20H23N3O2. The maximum atomic E-state index is 13.1. The Morgan fingerprint density at radius 1 is 1.08 bits per heavy atom. The summed E-state index contributed by atoms with van der Waals surface area (Å²) in [5.41, 5.74) is 0.755. The van der Waals surface area contributed by atoms with E-state index in [0.29, 0.717) is 13.1 Å². The Kier molecular flexibility index (Phi) is 4.40. The van der Waals surface area contributed by atoms with Crippen LogP contribution < -0.4 is 5.32 Å². The Bertz CT molecular complexity index is 799. The van der Waals surface area contributed by atoms with E-state index in [-0.39, 0.29) is 17.9 Å². The zero-order valence-electron chi connectivity index (χ0n) is 14.3. The van der Waals surface area contributed by atoms with Gasteiger partial charge in [-0.15, -0.1) is 0 Å². The van der Waals surface area contributed by atoms with Crippen LogP contribution in [0.2, 0.25) is 0 Å². The van der Waals surface area contributed by atoms with Crippen molar-refractivity contribution in [2.75, 3.05) is 32.7 Å². The van der Waals surface area contributed by atoms with Crippen molar-refractivity contribution in [2.24, 2.45) is 0 Å². The third-order valence-electron chi connectivity index (χ3n) is 5.27. The molecule has 1 atom stereocenters. The number of hydrogen-bond donors (Lipinski definition) is 1. The summed E-state index contributed by atoms with van der Waals surface area (Å²) >= 11 is 0. The monoisotopic (exact) mass is 337 g/mol. The topological polar surface area (TPSA) is 52.7 Å². The minimum atomic E-state index is 0.0732. The van der Waals surface area contributed by atoms with Gasteiger partial charge in [0.2, 0.25) is 5.91 Å². The lowest BCUT2D eigenvalue weighted by Crippen LogP contribution is -2.57. The molecule has 0 aliphatic carbocycles. The van der Waals surface area contributed by atoms with E-state index in [0.717, 1.165) is 48.8 Å². The number of carbonyl (C=O) groups is 2. The fourth-order valence-electron chi connectivity index (χ4n) is 3.98. The molecule has 0 aromatic heterocycles. The Balaban J connectivity index is 1.56. The van der Waals surface area contributed by atoms with Gasteiger partial charge < -0.3 is 15.1 Å². The van der Waals surface area contributed by atoms with Crippen LogP contribution in [-0.4, -0.2) is 60.4 Å². The van der Waals surface area contributed by atoms with E-state index in [1.54, 1.807) is 0 Å². The summed E-state index contributed by atoms with van der Waals surface area (Å²) in [7, 11) is 0. The van der Waals surface area contributed by atoms with E-state index in [1.165, 1.54) is 0 Å². The summed E-state index contributed by atoms with van der Waals surface area (Å²) in [6.45, 7) is 3.37. The predicted molar refractivity (Wildman–Crippen MR) is 97.5 cm³/mol. The number of hydrogen-bond acceptors (Lipinski definition) is 3. The zero-order chi connectivity index (χ0) is 17.2. The van der Waals surface area contributed by atoms with Crippen LogP contribution in [0.1, 0.15) is 23.2 Å². The molecule has 2 fully saturated rings. The van der Waals surface area contributed by atoms with Crippen LogP contribution in [0, 0.1) is 0 Å². The highest BCUT2D eigenvalue weighted by Crippen LogP contribution is 2.23. The summed E-state index contributed by atoms with van der Waals surface area (Å²) in [5, 5.41) is 5.19. The van der Waals surface area contributed by atoms with E-state index in [1.807, 2.05) is 52.3 Å². The minimum Gasteiger partial charge on any atom is -0.337 e. The first-order valence-corrected chi connectivity index (χ1v) is 9.01. The van der Waals surface area contributed by atoms with Crippen molar-refractivity contribution >= 4 is 22.6 Å². The van der Waals surface area contributed by atoms with Gasteiger partial charge in [-0.05, 0) is 29.7 Å². The lowest BCUT2D eigenvalue weighted by atomic mass is 9.99. The Labute approximate surface area is 147 Å². The summed E-state index contributed by atoms with van der Waals surface area (Å²) in [6.07, 6.45) is 1.92. The molecule has 5 nitrogen and oxygen atoms in total. The second-order valence-electron chi connectivity index (χ2n) is 6.84. The van der Waals surface area contributed by atoms with Crippen molar-refractivity contribution < 1.29 is 9.59 Å². The number of likely N-dealkylation sites (tertiary alicyclic amines) is 1. The van der Waals surface area contributed by atoms with Gasteiger partial charge in [-0.25, -0.2) is 0 Å². The highest BCUT2D eigenvalue weighted by Gasteiger charge is 2.32. The number of benzene rings is 2. The molecule has 2 aliphatic heterocycles. The van der Waals surface area contributed by atoms with Gasteiger partial charge in [0.05, 0.1) is 6.54 Å². The number of nitrogens with one attached hydrogen (secondary N) is 1. The van der Waals surface area contributed by atoms with Crippen LogP contribution in [0.5, 0.6) is 0 Å². The molecule has 0 bridgehead atoms. The second-order valence-corrected chi connectivity index (χ2v) is 6.84. The molecule has 2 aliphatic rings. The Morgan fingerprint density at radius 2 is 1.92 bits per heavy atom. The first kappa shape index (κ1) is 16.1. The number of amides is 2. The first-order valence-electron chi connectivity index (χ1n) is 9.01. The van der Waals surface area contributed by atoms with Crippen molar-refractivity contribution in [3.63, 3.8) is 0 Å². The molecule has 2 aromatic carbocycles. The van der Waals surface area contributed by atoms with Crippen LogP contribution in [0.4, 0.5) is 0 Å². The van der Waals surface area contributed by atoms with Crippen molar-refractivity contribution in [2.45, 2.75) is 18.9 Å². The lowest BCUT2D eigenvalue weighted by Gasteiger charge is -2.41.